The number of hydrogen-bond acceptors (Lipinski definition) is 6. The summed E-state index contributed by atoms with van der Waals surface area (Å²) < 4.78 is 0. The minimum absolute atomic E-state index is 0.0595. The molecule has 0 unspecified atom stereocenters. The Hall–Kier alpha value is -2.26. The lowest BCUT2D eigenvalue weighted by molar-refractivity contribution is -0.133. The highest BCUT2D eigenvalue weighted by Crippen LogP contribution is 2.28. The minimum Gasteiger partial charge on any atom is -0.340 e. The van der Waals surface area contributed by atoms with Crippen molar-refractivity contribution in [3.05, 3.63) is 28.6 Å². The van der Waals surface area contributed by atoms with Gasteiger partial charge in [0.2, 0.25) is 5.91 Å². The van der Waals surface area contributed by atoms with Gasteiger partial charge in [-0.25, -0.2) is 9.78 Å². The van der Waals surface area contributed by atoms with E-state index in [2.05, 4.69) is 15.6 Å². The number of imide groups is 1. The van der Waals surface area contributed by atoms with Crippen molar-refractivity contribution in [2.45, 2.75) is 19.0 Å². The second-order valence-corrected chi connectivity index (χ2v) is 6.90. The molecule has 1 fully saturated rings. The van der Waals surface area contributed by atoms with Gasteiger partial charge >= 0.3 is 6.03 Å². The van der Waals surface area contributed by atoms with Gasteiger partial charge in [-0.3, -0.25) is 14.9 Å². The Bertz CT molecular complexity index is 741. The van der Waals surface area contributed by atoms with E-state index < -0.39 is 18.0 Å². The monoisotopic (exact) mass is 350 g/mol. The zero-order chi connectivity index (χ0) is 16.4. The van der Waals surface area contributed by atoms with Crippen LogP contribution in [0.4, 0.5) is 4.79 Å². The van der Waals surface area contributed by atoms with E-state index in [1.807, 2.05) is 22.9 Å². The van der Waals surface area contributed by atoms with Gasteiger partial charge in [0.25, 0.3) is 5.91 Å². The molecular formula is C14H14N4O3S2. The van der Waals surface area contributed by atoms with Crippen LogP contribution in [0.5, 0.6) is 0 Å². The molecule has 1 atom stereocenters. The van der Waals surface area contributed by atoms with Crippen LogP contribution < -0.4 is 10.6 Å². The van der Waals surface area contributed by atoms with E-state index in [4.69, 9.17) is 0 Å². The SMILES string of the molecule is CN(Cc1csc(-c2cccs2)n1)C(=O)C[C@@H]1NC(=O)NC1=O. The molecule has 120 valence electrons. The summed E-state index contributed by atoms with van der Waals surface area (Å²) in [6.45, 7) is 0.364. The topological polar surface area (TPSA) is 91.4 Å². The van der Waals surface area contributed by atoms with Gasteiger partial charge in [0.15, 0.2) is 0 Å². The third-order valence-electron chi connectivity index (χ3n) is 3.35. The van der Waals surface area contributed by atoms with Gasteiger partial charge in [-0.05, 0) is 11.4 Å². The van der Waals surface area contributed by atoms with Gasteiger partial charge in [0, 0.05) is 12.4 Å². The molecular weight excluding hydrogens is 336 g/mol. The Morgan fingerprint density at radius 2 is 2.22 bits per heavy atom. The molecule has 2 aromatic rings. The number of aromatic nitrogens is 1. The summed E-state index contributed by atoms with van der Waals surface area (Å²) in [5.41, 5.74) is 0.800. The third-order valence-corrected chi connectivity index (χ3v) is 5.28. The summed E-state index contributed by atoms with van der Waals surface area (Å²) in [5.74, 6) is -0.691. The molecule has 1 saturated heterocycles. The van der Waals surface area contributed by atoms with E-state index in [9.17, 15) is 14.4 Å². The molecule has 3 rings (SSSR count). The van der Waals surface area contributed by atoms with Crippen molar-refractivity contribution >= 4 is 40.5 Å². The van der Waals surface area contributed by atoms with Gasteiger partial charge in [-0.2, -0.15) is 0 Å². The normalized spacial score (nSPS) is 17.0. The van der Waals surface area contributed by atoms with Crippen LogP contribution >= 0.6 is 22.7 Å². The molecule has 0 spiro atoms. The Labute approximate surface area is 140 Å². The number of nitrogens with zero attached hydrogens (tertiary/aromatic N) is 2. The van der Waals surface area contributed by atoms with E-state index in [-0.39, 0.29) is 12.3 Å². The van der Waals surface area contributed by atoms with Crippen molar-refractivity contribution in [1.29, 1.82) is 0 Å². The Morgan fingerprint density at radius 1 is 1.39 bits per heavy atom. The fourth-order valence-electron chi connectivity index (χ4n) is 2.16. The number of carbonyl (C=O) groups excluding carboxylic acids is 3. The van der Waals surface area contributed by atoms with Gasteiger partial charge in [-0.1, -0.05) is 6.07 Å². The molecule has 0 radical (unpaired) electrons. The maximum Gasteiger partial charge on any atom is 0.322 e. The van der Waals surface area contributed by atoms with Crippen molar-refractivity contribution in [3.8, 4) is 9.88 Å². The molecule has 7 nitrogen and oxygen atoms in total. The van der Waals surface area contributed by atoms with E-state index >= 15 is 0 Å². The maximum atomic E-state index is 12.2. The number of nitrogens with one attached hydrogen (secondary N) is 2. The van der Waals surface area contributed by atoms with Crippen LogP contribution in [0.25, 0.3) is 9.88 Å². The molecule has 1 aliphatic heterocycles. The first-order chi connectivity index (χ1) is 11.0. The zero-order valence-corrected chi connectivity index (χ0v) is 13.9. The predicted octanol–water partition coefficient (Wildman–Crippen LogP) is 1.43. The number of hydrogen-bond donors (Lipinski definition) is 2. The number of carbonyl (C=O) groups is 3. The minimum atomic E-state index is -0.797. The third kappa shape index (κ3) is 3.57. The molecule has 2 aromatic heterocycles. The maximum absolute atomic E-state index is 12.2. The van der Waals surface area contributed by atoms with Crippen molar-refractivity contribution < 1.29 is 14.4 Å². The number of thiazole rings is 1. The average Bonchev–Trinajstić information content (AvgIpc) is 3.21. The van der Waals surface area contributed by atoms with Gasteiger partial charge in [-0.15, -0.1) is 22.7 Å². The summed E-state index contributed by atoms with van der Waals surface area (Å²) in [6, 6.07) is 2.62. The molecule has 23 heavy (non-hydrogen) atoms. The Morgan fingerprint density at radius 3 is 2.87 bits per heavy atom. The first-order valence-corrected chi connectivity index (χ1v) is 8.62. The number of amides is 4. The highest BCUT2D eigenvalue weighted by Gasteiger charge is 2.32. The first-order valence-electron chi connectivity index (χ1n) is 6.86. The highest BCUT2D eigenvalue weighted by molar-refractivity contribution is 7.20. The lowest BCUT2D eigenvalue weighted by Gasteiger charge is -2.17. The summed E-state index contributed by atoms with van der Waals surface area (Å²) in [6.07, 6.45) is -0.0595. The number of rotatable bonds is 5. The van der Waals surface area contributed by atoms with Gasteiger partial charge in [0.05, 0.1) is 23.5 Å². The quantitative estimate of drug-likeness (QED) is 0.798. The molecule has 0 saturated carbocycles. The van der Waals surface area contributed by atoms with Crippen LogP contribution in [0.1, 0.15) is 12.1 Å². The van der Waals surface area contributed by atoms with E-state index in [1.165, 1.54) is 16.2 Å². The fourth-order valence-corrected chi connectivity index (χ4v) is 3.78. The summed E-state index contributed by atoms with van der Waals surface area (Å²) in [4.78, 5) is 41.8. The predicted molar refractivity (Wildman–Crippen MR) is 87.0 cm³/mol. The molecule has 3 heterocycles. The van der Waals surface area contributed by atoms with Crippen molar-refractivity contribution in [1.82, 2.24) is 20.5 Å². The molecule has 0 bridgehead atoms. The van der Waals surface area contributed by atoms with Crippen LogP contribution in [-0.4, -0.2) is 40.8 Å². The van der Waals surface area contributed by atoms with Crippen molar-refractivity contribution in [2.75, 3.05) is 7.05 Å². The summed E-state index contributed by atoms with van der Waals surface area (Å²) >= 11 is 3.15. The second-order valence-electron chi connectivity index (χ2n) is 5.09. The second kappa shape index (κ2) is 6.47. The standard InChI is InChI=1S/C14H14N4O3S2/c1-18(11(19)5-9-12(20)17-14(21)16-9)6-8-7-23-13(15-8)10-3-2-4-22-10/h2-4,7,9H,5-6H2,1H3,(H2,16,17,20,21)/t9-/m0/s1. The van der Waals surface area contributed by atoms with E-state index in [1.54, 1.807) is 18.4 Å². The molecule has 4 amide bonds. The smallest absolute Gasteiger partial charge is 0.322 e. The lowest BCUT2D eigenvalue weighted by Crippen LogP contribution is -2.37. The van der Waals surface area contributed by atoms with Crippen LogP contribution in [0.3, 0.4) is 0 Å². The van der Waals surface area contributed by atoms with E-state index in [0.717, 1.165) is 15.6 Å². The highest BCUT2D eigenvalue weighted by atomic mass is 32.1. The van der Waals surface area contributed by atoms with Crippen molar-refractivity contribution in [2.24, 2.45) is 0 Å². The molecule has 0 aromatic carbocycles. The van der Waals surface area contributed by atoms with E-state index in [0.29, 0.717) is 6.54 Å². The Kier molecular flexibility index (Phi) is 4.39. The molecule has 0 aliphatic carbocycles. The van der Waals surface area contributed by atoms with Crippen LogP contribution in [0, 0.1) is 0 Å². The Balaban J connectivity index is 1.58. The largest absolute Gasteiger partial charge is 0.340 e. The first kappa shape index (κ1) is 15.6. The van der Waals surface area contributed by atoms with Crippen molar-refractivity contribution in [3.63, 3.8) is 0 Å². The molecule has 2 N–H and O–H groups in total. The summed E-state index contributed by atoms with van der Waals surface area (Å²) in [5, 5.41) is 9.37. The number of urea groups is 1. The number of thiophene rings is 1. The molecule has 9 heteroatoms. The lowest BCUT2D eigenvalue weighted by atomic mass is 10.2. The van der Waals surface area contributed by atoms with Crippen LogP contribution in [0.15, 0.2) is 22.9 Å². The van der Waals surface area contributed by atoms with Gasteiger partial charge < -0.3 is 10.2 Å². The molecule has 1 aliphatic rings. The fraction of sp³-hybridized carbons (Fsp3) is 0.286. The van der Waals surface area contributed by atoms with Crippen LogP contribution in [-0.2, 0) is 16.1 Å². The summed E-state index contributed by atoms with van der Waals surface area (Å²) in [7, 11) is 1.65. The zero-order valence-electron chi connectivity index (χ0n) is 12.2. The average molecular weight is 350 g/mol. The van der Waals surface area contributed by atoms with Gasteiger partial charge in [0.1, 0.15) is 11.0 Å². The van der Waals surface area contributed by atoms with Crippen LogP contribution in [0.2, 0.25) is 0 Å².